The molecule has 0 aliphatic carbocycles. The van der Waals surface area contributed by atoms with Crippen LogP contribution in [0.3, 0.4) is 0 Å². The number of fused-ring (bicyclic) bond motifs is 1. The molecule has 3 N–H and O–H groups in total. The predicted octanol–water partition coefficient (Wildman–Crippen LogP) is 4.26. The van der Waals surface area contributed by atoms with Gasteiger partial charge in [-0.25, -0.2) is 13.8 Å². The maximum Gasteiger partial charge on any atom is 0.237 e. The van der Waals surface area contributed by atoms with Crippen LogP contribution in [-0.2, 0) is 16.9 Å². The SMILES string of the molecule is CC1(C)c2nc(-c3cccc(F)c3)c(Nc3ccc(Cl)c(F)c3)n2CCN1C(=O)CN. The molecule has 1 aliphatic rings. The Morgan fingerprint density at radius 3 is 2.68 bits per heavy atom. The first-order valence-corrected chi connectivity index (χ1v) is 10.2. The van der Waals surface area contributed by atoms with Gasteiger partial charge in [0.25, 0.3) is 0 Å². The number of nitrogens with zero attached hydrogens (tertiary/aromatic N) is 3. The van der Waals surface area contributed by atoms with Crippen LogP contribution in [-0.4, -0.2) is 33.4 Å². The molecule has 1 amide bonds. The summed E-state index contributed by atoms with van der Waals surface area (Å²) in [6.07, 6.45) is 0. The Labute approximate surface area is 183 Å². The minimum atomic E-state index is -0.748. The van der Waals surface area contributed by atoms with Crippen molar-refractivity contribution in [2.45, 2.75) is 25.9 Å². The van der Waals surface area contributed by atoms with E-state index in [0.717, 1.165) is 0 Å². The zero-order valence-electron chi connectivity index (χ0n) is 17.1. The number of imidazole rings is 1. The van der Waals surface area contributed by atoms with E-state index in [0.29, 0.717) is 41.7 Å². The van der Waals surface area contributed by atoms with Gasteiger partial charge in [0.1, 0.15) is 29.0 Å². The normalized spacial score (nSPS) is 15.0. The lowest BCUT2D eigenvalue weighted by atomic mass is 9.99. The Kier molecular flexibility index (Phi) is 5.45. The third-order valence-corrected chi connectivity index (χ3v) is 5.80. The van der Waals surface area contributed by atoms with Gasteiger partial charge in [-0.3, -0.25) is 4.79 Å². The Morgan fingerprint density at radius 2 is 2.00 bits per heavy atom. The van der Waals surface area contributed by atoms with E-state index in [9.17, 15) is 13.6 Å². The molecular formula is C22H22ClF2N5O. The Bertz CT molecular complexity index is 1160. The number of halogens is 3. The molecule has 0 atom stereocenters. The number of anilines is 2. The maximum atomic E-state index is 14.0. The lowest BCUT2D eigenvalue weighted by molar-refractivity contribution is -0.137. The molecule has 0 spiro atoms. The van der Waals surface area contributed by atoms with Gasteiger partial charge in [0.05, 0.1) is 17.1 Å². The minimum absolute atomic E-state index is 0.0169. The highest BCUT2D eigenvalue weighted by Gasteiger charge is 2.41. The molecule has 31 heavy (non-hydrogen) atoms. The lowest BCUT2D eigenvalue weighted by Gasteiger charge is -2.42. The molecule has 4 rings (SSSR count). The number of hydrogen-bond acceptors (Lipinski definition) is 4. The van der Waals surface area contributed by atoms with Crippen LogP contribution in [0.2, 0.25) is 5.02 Å². The van der Waals surface area contributed by atoms with E-state index in [1.807, 2.05) is 18.4 Å². The van der Waals surface area contributed by atoms with Crippen molar-refractivity contribution < 1.29 is 13.6 Å². The Morgan fingerprint density at radius 1 is 1.23 bits per heavy atom. The second-order valence-electron chi connectivity index (χ2n) is 7.86. The largest absolute Gasteiger partial charge is 0.340 e. The number of rotatable bonds is 4. The van der Waals surface area contributed by atoms with Crippen molar-refractivity contribution in [3.8, 4) is 11.3 Å². The van der Waals surface area contributed by atoms with Crippen LogP contribution in [0.5, 0.6) is 0 Å². The summed E-state index contributed by atoms with van der Waals surface area (Å²) in [6.45, 7) is 4.55. The molecule has 0 saturated heterocycles. The van der Waals surface area contributed by atoms with E-state index in [4.69, 9.17) is 22.3 Å². The molecule has 0 saturated carbocycles. The first-order chi connectivity index (χ1) is 14.7. The van der Waals surface area contributed by atoms with Crippen LogP contribution in [0.15, 0.2) is 42.5 Å². The van der Waals surface area contributed by atoms with Gasteiger partial charge in [-0.05, 0) is 44.2 Å². The van der Waals surface area contributed by atoms with Crippen LogP contribution in [0.1, 0.15) is 19.7 Å². The topological polar surface area (TPSA) is 76.2 Å². The van der Waals surface area contributed by atoms with Crippen molar-refractivity contribution in [3.63, 3.8) is 0 Å². The summed E-state index contributed by atoms with van der Waals surface area (Å²) < 4.78 is 29.9. The first-order valence-electron chi connectivity index (χ1n) is 9.82. The predicted molar refractivity (Wildman–Crippen MR) is 116 cm³/mol. The molecule has 0 fully saturated rings. The van der Waals surface area contributed by atoms with Gasteiger partial charge < -0.3 is 20.5 Å². The molecule has 1 aliphatic heterocycles. The number of aromatic nitrogens is 2. The van der Waals surface area contributed by atoms with E-state index >= 15 is 0 Å². The van der Waals surface area contributed by atoms with Gasteiger partial charge in [-0.2, -0.15) is 0 Å². The van der Waals surface area contributed by atoms with Gasteiger partial charge in [-0.1, -0.05) is 23.7 Å². The van der Waals surface area contributed by atoms with E-state index < -0.39 is 17.2 Å². The fourth-order valence-corrected chi connectivity index (χ4v) is 4.08. The molecule has 0 bridgehead atoms. The van der Waals surface area contributed by atoms with E-state index in [1.54, 1.807) is 23.1 Å². The van der Waals surface area contributed by atoms with Crippen molar-refractivity contribution in [2.24, 2.45) is 5.73 Å². The molecule has 2 aromatic carbocycles. The molecule has 9 heteroatoms. The Hall–Kier alpha value is -2.97. The van der Waals surface area contributed by atoms with Crippen molar-refractivity contribution in [2.75, 3.05) is 18.4 Å². The zero-order valence-corrected chi connectivity index (χ0v) is 17.9. The summed E-state index contributed by atoms with van der Waals surface area (Å²) in [5.41, 5.74) is 6.38. The van der Waals surface area contributed by atoms with Gasteiger partial charge in [0, 0.05) is 24.3 Å². The summed E-state index contributed by atoms with van der Waals surface area (Å²) >= 11 is 5.81. The average molecular weight is 446 g/mol. The van der Waals surface area contributed by atoms with E-state index in [-0.39, 0.29) is 17.5 Å². The van der Waals surface area contributed by atoms with Crippen molar-refractivity contribution in [1.29, 1.82) is 0 Å². The third kappa shape index (κ3) is 3.77. The third-order valence-electron chi connectivity index (χ3n) is 5.49. The highest BCUT2D eigenvalue weighted by atomic mass is 35.5. The van der Waals surface area contributed by atoms with Crippen LogP contribution in [0, 0.1) is 11.6 Å². The summed E-state index contributed by atoms with van der Waals surface area (Å²) in [7, 11) is 0. The quantitative estimate of drug-likeness (QED) is 0.629. The molecule has 0 radical (unpaired) electrons. The van der Waals surface area contributed by atoms with Crippen molar-refractivity contribution in [3.05, 3.63) is 64.9 Å². The number of carbonyl (C=O) groups excluding carboxylic acids is 1. The number of nitrogens with one attached hydrogen (secondary N) is 1. The molecule has 3 aromatic rings. The number of benzene rings is 2. The monoisotopic (exact) mass is 445 g/mol. The van der Waals surface area contributed by atoms with Gasteiger partial charge in [0.15, 0.2) is 0 Å². The molecule has 1 aromatic heterocycles. The zero-order chi connectivity index (χ0) is 22.3. The smallest absolute Gasteiger partial charge is 0.237 e. The molecular weight excluding hydrogens is 424 g/mol. The summed E-state index contributed by atoms with van der Waals surface area (Å²) in [4.78, 5) is 18.9. The summed E-state index contributed by atoms with van der Waals surface area (Å²) in [5, 5.41) is 3.23. The standard InChI is InChI=1S/C22H22ClF2N5O/c1-22(2)21-28-19(13-4-3-5-14(24)10-13)20(27-15-6-7-16(23)17(25)11-15)29(21)8-9-30(22)18(31)12-26/h3-7,10-11,27H,8-9,12,26H2,1-2H3. The van der Waals surface area contributed by atoms with Crippen molar-refractivity contribution in [1.82, 2.24) is 14.5 Å². The first kappa shape index (κ1) is 21.3. The van der Waals surface area contributed by atoms with Gasteiger partial charge in [0.2, 0.25) is 5.91 Å². The van der Waals surface area contributed by atoms with Crippen LogP contribution in [0.25, 0.3) is 11.3 Å². The van der Waals surface area contributed by atoms with Crippen molar-refractivity contribution >= 4 is 29.0 Å². The van der Waals surface area contributed by atoms with Crippen LogP contribution < -0.4 is 11.1 Å². The fraction of sp³-hybridized carbons (Fsp3) is 0.273. The van der Waals surface area contributed by atoms with E-state index in [2.05, 4.69) is 5.32 Å². The number of nitrogens with two attached hydrogens (primary N) is 1. The van der Waals surface area contributed by atoms with Gasteiger partial charge >= 0.3 is 0 Å². The maximum absolute atomic E-state index is 14.0. The molecule has 6 nitrogen and oxygen atoms in total. The van der Waals surface area contributed by atoms with E-state index in [1.165, 1.54) is 24.3 Å². The molecule has 0 unspecified atom stereocenters. The highest BCUT2D eigenvalue weighted by Crippen LogP contribution is 2.39. The summed E-state index contributed by atoms with van der Waals surface area (Å²) in [5.74, 6) is 0.0661. The summed E-state index contributed by atoms with van der Waals surface area (Å²) in [6, 6.07) is 10.5. The number of carbonyl (C=O) groups is 1. The van der Waals surface area contributed by atoms with Gasteiger partial charge in [-0.15, -0.1) is 0 Å². The number of hydrogen-bond donors (Lipinski definition) is 2. The second kappa shape index (κ2) is 7.94. The average Bonchev–Trinajstić information content (AvgIpc) is 3.10. The molecule has 162 valence electrons. The Balaban J connectivity index is 1.88. The molecule has 2 heterocycles. The number of amides is 1. The fourth-order valence-electron chi connectivity index (χ4n) is 3.96. The highest BCUT2D eigenvalue weighted by molar-refractivity contribution is 6.30. The van der Waals surface area contributed by atoms with Crippen LogP contribution in [0.4, 0.5) is 20.3 Å². The second-order valence-corrected chi connectivity index (χ2v) is 8.26. The minimum Gasteiger partial charge on any atom is -0.340 e. The lowest BCUT2D eigenvalue weighted by Crippen LogP contribution is -2.53. The van der Waals surface area contributed by atoms with Crippen LogP contribution >= 0.6 is 11.6 Å².